The van der Waals surface area contributed by atoms with Gasteiger partial charge in [-0.05, 0) is 25.0 Å². The molecule has 0 aliphatic carbocycles. The van der Waals surface area contributed by atoms with E-state index in [1.165, 1.54) is 0 Å². The molecular weight excluding hydrogens is 292 g/mol. The van der Waals surface area contributed by atoms with Gasteiger partial charge >= 0.3 is 0 Å². The molecule has 0 unspecified atom stereocenters. The Morgan fingerprint density at radius 2 is 1.87 bits per heavy atom. The summed E-state index contributed by atoms with van der Waals surface area (Å²) in [6.07, 6.45) is 1.79. The van der Waals surface area contributed by atoms with Gasteiger partial charge in [0.2, 0.25) is 11.9 Å². The van der Waals surface area contributed by atoms with Gasteiger partial charge in [-0.2, -0.15) is 0 Å². The summed E-state index contributed by atoms with van der Waals surface area (Å²) in [7, 11) is 0. The number of hydrogen-bond donors (Lipinski definition) is 1. The summed E-state index contributed by atoms with van der Waals surface area (Å²) in [5.74, 6) is 1.37. The maximum Gasteiger partial charge on any atom is 0.225 e. The van der Waals surface area contributed by atoms with Gasteiger partial charge in [0.25, 0.3) is 0 Å². The van der Waals surface area contributed by atoms with E-state index in [-0.39, 0.29) is 5.92 Å². The normalized spacial score (nSPS) is 20.2. The average molecular weight is 314 g/mol. The van der Waals surface area contributed by atoms with Gasteiger partial charge < -0.3 is 19.5 Å². The fourth-order valence-electron chi connectivity index (χ4n) is 3.47. The van der Waals surface area contributed by atoms with Crippen LogP contribution in [0.1, 0.15) is 12.8 Å². The molecule has 0 spiro atoms. The van der Waals surface area contributed by atoms with Crippen LogP contribution in [0.15, 0.2) is 24.3 Å². The van der Waals surface area contributed by atoms with E-state index in [2.05, 4.69) is 14.9 Å². The van der Waals surface area contributed by atoms with E-state index in [0.717, 1.165) is 56.0 Å². The zero-order valence-corrected chi connectivity index (χ0v) is 13.2. The van der Waals surface area contributed by atoms with Crippen LogP contribution in [0.2, 0.25) is 0 Å². The van der Waals surface area contributed by atoms with Crippen LogP contribution >= 0.6 is 0 Å². The molecule has 1 aromatic heterocycles. The number of nitrogens with one attached hydrogen (secondary N) is 1. The van der Waals surface area contributed by atoms with Crippen LogP contribution < -0.4 is 4.90 Å². The second-order valence-corrected chi connectivity index (χ2v) is 6.28. The molecule has 1 amide bonds. The number of para-hydroxylation sites is 2. The molecule has 1 N–H and O–H groups in total. The molecule has 2 aromatic rings. The number of hydrogen-bond acceptors (Lipinski definition) is 4. The van der Waals surface area contributed by atoms with Gasteiger partial charge in [-0.25, -0.2) is 4.98 Å². The number of piperidine rings is 1. The molecule has 0 atom stereocenters. The first kappa shape index (κ1) is 14.5. The number of amides is 1. The maximum absolute atomic E-state index is 12.6. The first-order valence-electron chi connectivity index (χ1n) is 8.37. The van der Waals surface area contributed by atoms with Crippen LogP contribution in [-0.4, -0.2) is 60.2 Å². The molecule has 6 heteroatoms. The van der Waals surface area contributed by atoms with Crippen molar-refractivity contribution in [1.29, 1.82) is 0 Å². The Morgan fingerprint density at radius 3 is 2.61 bits per heavy atom. The minimum atomic E-state index is 0.147. The predicted octanol–water partition coefficient (Wildman–Crippen LogP) is 1.64. The van der Waals surface area contributed by atoms with Crippen LogP contribution in [0, 0.1) is 5.92 Å². The van der Waals surface area contributed by atoms with E-state index < -0.39 is 0 Å². The molecule has 0 bridgehead atoms. The van der Waals surface area contributed by atoms with Crippen LogP contribution in [0.4, 0.5) is 5.95 Å². The number of benzene rings is 1. The standard InChI is InChI=1S/C17H22N4O2/c22-16(20-9-11-23-12-10-20)13-5-7-21(8-6-13)17-18-14-3-1-2-4-15(14)19-17/h1-4,13H,5-12H2,(H,18,19). The molecule has 0 saturated carbocycles. The van der Waals surface area contributed by atoms with Crippen molar-refractivity contribution >= 4 is 22.9 Å². The molecule has 3 heterocycles. The van der Waals surface area contributed by atoms with Crippen molar-refractivity contribution < 1.29 is 9.53 Å². The molecular formula is C17H22N4O2. The summed E-state index contributed by atoms with van der Waals surface area (Å²) in [5.41, 5.74) is 2.06. The number of morpholine rings is 1. The Bertz CT molecular complexity index is 652. The highest BCUT2D eigenvalue weighted by Gasteiger charge is 2.30. The lowest BCUT2D eigenvalue weighted by Crippen LogP contribution is -2.47. The third kappa shape index (κ3) is 2.91. The molecule has 4 rings (SSSR count). The highest BCUT2D eigenvalue weighted by Crippen LogP contribution is 2.25. The van der Waals surface area contributed by atoms with Gasteiger partial charge in [0.1, 0.15) is 0 Å². The van der Waals surface area contributed by atoms with Crippen molar-refractivity contribution in [1.82, 2.24) is 14.9 Å². The Labute approximate surface area is 135 Å². The van der Waals surface area contributed by atoms with Gasteiger partial charge in [-0.1, -0.05) is 12.1 Å². The van der Waals surface area contributed by atoms with Crippen LogP contribution in [0.25, 0.3) is 11.0 Å². The third-order valence-corrected chi connectivity index (χ3v) is 4.84. The average Bonchev–Trinajstić information content (AvgIpc) is 3.06. The summed E-state index contributed by atoms with van der Waals surface area (Å²) in [5, 5.41) is 0. The van der Waals surface area contributed by atoms with Crippen LogP contribution in [0.3, 0.4) is 0 Å². The van der Waals surface area contributed by atoms with Gasteiger partial charge in [0, 0.05) is 32.1 Å². The number of aromatic amines is 1. The van der Waals surface area contributed by atoms with E-state index in [0.29, 0.717) is 19.1 Å². The van der Waals surface area contributed by atoms with Gasteiger partial charge in [0.05, 0.1) is 24.2 Å². The number of ether oxygens (including phenoxy) is 1. The highest BCUT2D eigenvalue weighted by molar-refractivity contribution is 5.80. The molecule has 0 radical (unpaired) electrons. The van der Waals surface area contributed by atoms with Crippen molar-refractivity contribution in [2.45, 2.75) is 12.8 Å². The van der Waals surface area contributed by atoms with Crippen molar-refractivity contribution in [3.63, 3.8) is 0 Å². The van der Waals surface area contributed by atoms with E-state index in [9.17, 15) is 4.79 Å². The lowest BCUT2D eigenvalue weighted by atomic mass is 9.95. The summed E-state index contributed by atoms with van der Waals surface area (Å²) in [6, 6.07) is 8.07. The van der Waals surface area contributed by atoms with Crippen molar-refractivity contribution in [3.05, 3.63) is 24.3 Å². The molecule has 2 fully saturated rings. The van der Waals surface area contributed by atoms with E-state index >= 15 is 0 Å². The summed E-state index contributed by atoms with van der Waals surface area (Å²) in [4.78, 5) is 24.8. The summed E-state index contributed by atoms with van der Waals surface area (Å²) in [6.45, 7) is 4.57. The number of imidazole rings is 1. The molecule has 6 nitrogen and oxygen atoms in total. The molecule has 2 aliphatic heterocycles. The van der Waals surface area contributed by atoms with Crippen molar-refractivity contribution in [2.75, 3.05) is 44.3 Å². The monoisotopic (exact) mass is 314 g/mol. The smallest absolute Gasteiger partial charge is 0.225 e. The second-order valence-electron chi connectivity index (χ2n) is 6.28. The molecule has 2 aliphatic rings. The second kappa shape index (κ2) is 6.20. The minimum Gasteiger partial charge on any atom is -0.378 e. The number of anilines is 1. The van der Waals surface area contributed by atoms with Crippen molar-refractivity contribution in [2.24, 2.45) is 5.92 Å². The molecule has 2 saturated heterocycles. The zero-order chi connectivity index (χ0) is 15.6. The molecule has 1 aromatic carbocycles. The Kier molecular flexibility index (Phi) is 3.91. The number of aromatic nitrogens is 2. The van der Waals surface area contributed by atoms with E-state index in [1.807, 2.05) is 29.2 Å². The third-order valence-electron chi connectivity index (χ3n) is 4.84. The predicted molar refractivity (Wildman–Crippen MR) is 88.4 cm³/mol. The van der Waals surface area contributed by atoms with E-state index in [4.69, 9.17) is 4.74 Å². The quantitative estimate of drug-likeness (QED) is 0.915. The van der Waals surface area contributed by atoms with Crippen molar-refractivity contribution in [3.8, 4) is 0 Å². The first-order chi connectivity index (χ1) is 11.3. The number of carbonyl (C=O) groups excluding carboxylic acids is 1. The first-order valence-corrected chi connectivity index (χ1v) is 8.37. The van der Waals surface area contributed by atoms with Crippen LogP contribution in [-0.2, 0) is 9.53 Å². The molecule has 122 valence electrons. The fraction of sp³-hybridized carbons (Fsp3) is 0.529. The highest BCUT2D eigenvalue weighted by atomic mass is 16.5. The maximum atomic E-state index is 12.6. The number of H-pyrrole nitrogens is 1. The largest absolute Gasteiger partial charge is 0.378 e. The van der Waals surface area contributed by atoms with Gasteiger partial charge in [-0.3, -0.25) is 4.79 Å². The summed E-state index contributed by atoms with van der Waals surface area (Å²) < 4.78 is 5.33. The number of fused-ring (bicyclic) bond motifs is 1. The number of nitrogens with zero attached hydrogens (tertiary/aromatic N) is 3. The summed E-state index contributed by atoms with van der Waals surface area (Å²) >= 11 is 0. The van der Waals surface area contributed by atoms with E-state index in [1.54, 1.807) is 0 Å². The van der Waals surface area contributed by atoms with Gasteiger partial charge in [-0.15, -0.1) is 0 Å². The Morgan fingerprint density at radius 1 is 1.13 bits per heavy atom. The fourth-order valence-corrected chi connectivity index (χ4v) is 3.47. The topological polar surface area (TPSA) is 61.5 Å². The Hall–Kier alpha value is -2.08. The molecule has 23 heavy (non-hydrogen) atoms. The lowest BCUT2D eigenvalue weighted by molar-refractivity contribution is -0.140. The lowest BCUT2D eigenvalue weighted by Gasteiger charge is -2.35. The number of carbonyl (C=O) groups is 1. The van der Waals surface area contributed by atoms with Crippen LogP contribution in [0.5, 0.6) is 0 Å². The zero-order valence-electron chi connectivity index (χ0n) is 13.2. The SMILES string of the molecule is O=C(C1CCN(c2nc3ccccc3[nH]2)CC1)N1CCOCC1. The minimum absolute atomic E-state index is 0.147. The number of rotatable bonds is 2. The van der Waals surface area contributed by atoms with Gasteiger partial charge in [0.15, 0.2) is 0 Å². The Balaban J connectivity index is 1.39.